The predicted octanol–water partition coefficient (Wildman–Crippen LogP) is 4.19. The lowest BCUT2D eigenvalue weighted by atomic mass is 10.1. The molecule has 9 heteroatoms. The Bertz CT molecular complexity index is 960. The number of piperazine rings is 1. The molecule has 0 radical (unpaired) electrons. The molecule has 2 aliphatic rings. The molecule has 0 bridgehead atoms. The van der Waals surface area contributed by atoms with Crippen LogP contribution in [0.25, 0.3) is 0 Å². The Morgan fingerprint density at radius 1 is 1.10 bits per heavy atom. The van der Waals surface area contributed by atoms with Gasteiger partial charge in [-0.25, -0.2) is 0 Å². The monoisotopic (exact) mass is 453 g/mol. The van der Waals surface area contributed by atoms with Crippen molar-refractivity contribution in [1.82, 2.24) is 10.2 Å². The van der Waals surface area contributed by atoms with Crippen molar-refractivity contribution in [2.75, 3.05) is 44.2 Å². The second-order valence-electron chi connectivity index (χ2n) is 7.66. The average molecular weight is 454 g/mol. The molecule has 2 heterocycles. The van der Waals surface area contributed by atoms with Crippen molar-refractivity contribution in [2.45, 2.75) is 19.1 Å². The first-order valence-electron chi connectivity index (χ1n) is 10.2. The Kier molecular flexibility index (Phi) is 6.29. The smallest absolute Gasteiger partial charge is 0.419 e. The van der Waals surface area contributed by atoms with Gasteiger partial charge in [-0.15, -0.1) is 0 Å². The van der Waals surface area contributed by atoms with Crippen LogP contribution in [0.2, 0.25) is 5.02 Å². The van der Waals surface area contributed by atoms with E-state index < -0.39 is 11.7 Å². The third kappa shape index (κ3) is 4.91. The van der Waals surface area contributed by atoms with E-state index in [1.807, 2.05) is 12.1 Å². The Balaban J connectivity index is 1.25. The van der Waals surface area contributed by atoms with Gasteiger partial charge in [0.05, 0.1) is 22.9 Å². The van der Waals surface area contributed by atoms with E-state index in [4.69, 9.17) is 16.3 Å². The van der Waals surface area contributed by atoms with E-state index in [0.29, 0.717) is 50.6 Å². The number of amides is 1. The maximum atomic E-state index is 13.4. The molecule has 0 spiro atoms. The van der Waals surface area contributed by atoms with E-state index in [2.05, 4.69) is 10.2 Å². The molecule has 1 N–H and O–H groups in total. The topological polar surface area (TPSA) is 44.8 Å². The van der Waals surface area contributed by atoms with Crippen molar-refractivity contribution in [3.05, 3.63) is 58.1 Å². The van der Waals surface area contributed by atoms with Crippen LogP contribution in [0.1, 0.15) is 27.9 Å². The second kappa shape index (κ2) is 8.96. The molecule has 0 aromatic heterocycles. The molecular weight excluding hydrogens is 431 g/mol. The van der Waals surface area contributed by atoms with E-state index >= 15 is 0 Å². The average Bonchev–Trinajstić information content (AvgIpc) is 3.11. The summed E-state index contributed by atoms with van der Waals surface area (Å²) in [5, 5.41) is 2.51. The fourth-order valence-electron chi connectivity index (χ4n) is 4.03. The Morgan fingerprint density at radius 2 is 1.87 bits per heavy atom. The molecule has 1 saturated heterocycles. The van der Waals surface area contributed by atoms with Gasteiger partial charge in [-0.05, 0) is 36.2 Å². The third-order valence-corrected chi connectivity index (χ3v) is 5.96. The number of benzene rings is 2. The number of halogens is 4. The molecule has 0 atom stereocenters. The van der Waals surface area contributed by atoms with Crippen molar-refractivity contribution in [3.8, 4) is 5.75 Å². The Hall–Kier alpha value is -2.45. The van der Waals surface area contributed by atoms with Crippen LogP contribution in [-0.4, -0.2) is 50.1 Å². The third-order valence-electron chi connectivity index (χ3n) is 5.64. The van der Waals surface area contributed by atoms with Crippen molar-refractivity contribution in [3.63, 3.8) is 0 Å². The number of anilines is 1. The van der Waals surface area contributed by atoms with Gasteiger partial charge < -0.3 is 15.0 Å². The minimum Gasteiger partial charge on any atom is -0.494 e. The highest BCUT2D eigenvalue weighted by Crippen LogP contribution is 2.41. The maximum absolute atomic E-state index is 13.4. The van der Waals surface area contributed by atoms with Crippen LogP contribution in [0.5, 0.6) is 5.75 Å². The lowest BCUT2D eigenvalue weighted by Gasteiger charge is -2.37. The van der Waals surface area contributed by atoms with E-state index in [9.17, 15) is 18.0 Å². The number of ether oxygens (including phenoxy) is 1. The number of carbonyl (C=O) groups is 1. The number of fused-ring (bicyclic) bond motifs is 1. The van der Waals surface area contributed by atoms with Gasteiger partial charge in [0.15, 0.2) is 0 Å². The van der Waals surface area contributed by atoms with E-state index in [1.165, 1.54) is 12.1 Å². The van der Waals surface area contributed by atoms with Crippen molar-refractivity contribution < 1.29 is 22.7 Å². The van der Waals surface area contributed by atoms with Crippen LogP contribution in [0, 0.1) is 0 Å². The highest BCUT2D eigenvalue weighted by atomic mass is 35.5. The normalized spacial score (nSPS) is 16.9. The number of rotatable bonds is 6. The summed E-state index contributed by atoms with van der Waals surface area (Å²) < 4.78 is 46.0. The molecule has 1 fully saturated rings. The minimum absolute atomic E-state index is 0.0771. The fraction of sp³-hybridized carbons (Fsp3) is 0.409. The van der Waals surface area contributed by atoms with Crippen molar-refractivity contribution in [1.29, 1.82) is 0 Å². The molecule has 0 saturated carbocycles. The number of hydrogen-bond donors (Lipinski definition) is 1. The van der Waals surface area contributed by atoms with Crippen molar-refractivity contribution >= 4 is 23.2 Å². The summed E-state index contributed by atoms with van der Waals surface area (Å²) in [6.07, 6.45) is -3.70. The summed E-state index contributed by atoms with van der Waals surface area (Å²) in [5.74, 6) is 0.591. The molecule has 2 aromatic rings. The highest BCUT2D eigenvalue weighted by molar-refractivity contribution is 6.31. The zero-order valence-corrected chi connectivity index (χ0v) is 17.6. The largest absolute Gasteiger partial charge is 0.494 e. The van der Waals surface area contributed by atoms with Crippen molar-refractivity contribution in [2.24, 2.45) is 0 Å². The number of hydrogen-bond acceptors (Lipinski definition) is 4. The van der Waals surface area contributed by atoms with Crippen LogP contribution in [-0.2, 0) is 12.7 Å². The zero-order chi connectivity index (χ0) is 22.0. The van der Waals surface area contributed by atoms with Gasteiger partial charge in [0.2, 0.25) is 0 Å². The lowest BCUT2D eigenvalue weighted by Crippen LogP contribution is -2.47. The van der Waals surface area contributed by atoms with Crippen LogP contribution in [0.15, 0.2) is 36.4 Å². The molecule has 166 valence electrons. The van der Waals surface area contributed by atoms with Gasteiger partial charge in [0.25, 0.3) is 5.91 Å². The first-order chi connectivity index (χ1) is 14.8. The highest BCUT2D eigenvalue weighted by Gasteiger charge is 2.37. The molecule has 5 nitrogen and oxygen atoms in total. The molecule has 4 rings (SSSR count). The number of alkyl halides is 3. The Labute approximate surface area is 183 Å². The quantitative estimate of drug-likeness (QED) is 0.666. The standard InChI is InChI=1S/C22H23ClF3N3O2/c23-18-3-1-4-19(20(18)22(24,25)26)29-10-8-28(9-11-29)7-2-12-31-16-6-5-15-14-27-21(30)17(15)13-16/h1,3-6,13H,2,7-12,14H2,(H,27,30). The molecule has 0 aliphatic carbocycles. The van der Waals surface area contributed by atoms with Gasteiger partial charge in [-0.3, -0.25) is 9.69 Å². The first kappa shape index (κ1) is 21.8. The predicted molar refractivity (Wildman–Crippen MR) is 113 cm³/mol. The van der Waals surface area contributed by atoms with E-state index in [1.54, 1.807) is 17.0 Å². The van der Waals surface area contributed by atoms with Crippen LogP contribution in [0.4, 0.5) is 18.9 Å². The summed E-state index contributed by atoms with van der Waals surface area (Å²) in [6.45, 7) is 4.20. The lowest BCUT2D eigenvalue weighted by molar-refractivity contribution is -0.137. The summed E-state index contributed by atoms with van der Waals surface area (Å²) in [7, 11) is 0. The van der Waals surface area contributed by atoms with Crippen LogP contribution >= 0.6 is 11.6 Å². The molecule has 0 unspecified atom stereocenters. The summed E-state index contributed by atoms with van der Waals surface area (Å²) >= 11 is 5.84. The second-order valence-corrected chi connectivity index (χ2v) is 8.07. The number of nitrogens with one attached hydrogen (secondary N) is 1. The summed E-state index contributed by atoms with van der Waals surface area (Å²) in [5.41, 5.74) is 1.02. The first-order valence-corrected chi connectivity index (χ1v) is 10.6. The van der Waals surface area contributed by atoms with E-state index in [0.717, 1.165) is 18.5 Å². The zero-order valence-electron chi connectivity index (χ0n) is 16.8. The van der Waals surface area contributed by atoms with Gasteiger partial charge >= 0.3 is 6.18 Å². The van der Waals surface area contributed by atoms with Gasteiger partial charge in [-0.1, -0.05) is 23.7 Å². The molecule has 2 aliphatic heterocycles. The molecule has 31 heavy (non-hydrogen) atoms. The van der Waals surface area contributed by atoms with Gasteiger partial charge in [-0.2, -0.15) is 13.2 Å². The van der Waals surface area contributed by atoms with Gasteiger partial charge in [0.1, 0.15) is 5.75 Å². The van der Waals surface area contributed by atoms with E-state index in [-0.39, 0.29) is 16.6 Å². The Morgan fingerprint density at radius 3 is 2.61 bits per heavy atom. The van der Waals surface area contributed by atoms with Crippen LogP contribution in [0.3, 0.4) is 0 Å². The van der Waals surface area contributed by atoms with Crippen LogP contribution < -0.4 is 15.0 Å². The molecule has 2 aromatic carbocycles. The number of carbonyl (C=O) groups excluding carboxylic acids is 1. The summed E-state index contributed by atoms with van der Waals surface area (Å²) in [6, 6.07) is 9.83. The maximum Gasteiger partial charge on any atom is 0.419 e. The molecular formula is C22H23ClF3N3O2. The summed E-state index contributed by atoms with van der Waals surface area (Å²) in [4.78, 5) is 15.7. The van der Waals surface area contributed by atoms with Gasteiger partial charge in [0, 0.05) is 44.8 Å². The number of nitrogens with zero attached hydrogens (tertiary/aromatic N) is 2. The molecule has 1 amide bonds. The fourth-order valence-corrected chi connectivity index (χ4v) is 4.31. The minimum atomic E-state index is -4.49. The SMILES string of the molecule is O=C1NCc2ccc(OCCCN3CCN(c4cccc(Cl)c4C(F)(F)F)CC3)cc21.